The van der Waals surface area contributed by atoms with Crippen molar-refractivity contribution in [1.29, 1.82) is 0 Å². The summed E-state index contributed by atoms with van der Waals surface area (Å²) in [6, 6.07) is 8.34. The van der Waals surface area contributed by atoms with E-state index in [-0.39, 0.29) is 0 Å². The van der Waals surface area contributed by atoms with E-state index in [1.807, 2.05) is 61.9 Å². The SMILES string of the molecule is CN(C)C(On1nnc2ccccc21)=[N+](C)C.C[P-](C)(C)(C)(C)C. The number of hydrogen-bond acceptors (Lipinski definition) is 3. The van der Waals surface area contributed by atoms with E-state index in [9.17, 15) is 0 Å². The molecule has 2 aromatic rings. The van der Waals surface area contributed by atoms with Crippen LogP contribution in [0, 0.1) is 0 Å². The van der Waals surface area contributed by atoms with Crippen molar-refractivity contribution in [2.24, 2.45) is 0 Å². The predicted octanol–water partition coefficient (Wildman–Crippen LogP) is 1.90. The van der Waals surface area contributed by atoms with Gasteiger partial charge in [0.2, 0.25) is 0 Å². The van der Waals surface area contributed by atoms with Crippen molar-refractivity contribution in [2.45, 2.75) is 0 Å². The molecule has 0 atom stereocenters. The van der Waals surface area contributed by atoms with Crippen molar-refractivity contribution in [2.75, 3.05) is 68.2 Å². The summed E-state index contributed by atoms with van der Waals surface area (Å²) in [5.41, 5.74) is 1.65. The van der Waals surface area contributed by atoms with Crippen LogP contribution in [-0.4, -0.2) is 98.8 Å². The first-order chi connectivity index (χ1) is 10.5. The van der Waals surface area contributed by atoms with Crippen LogP contribution in [0.1, 0.15) is 0 Å². The van der Waals surface area contributed by atoms with Gasteiger partial charge in [-0.2, -0.15) is 0 Å². The Hall–Kier alpha value is -1.68. The number of rotatable bonds is 1. The average Bonchev–Trinajstić information content (AvgIpc) is 2.74. The van der Waals surface area contributed by atoms with Gasteiger partial charge in [-0.05, 0) is 17.3 Å². The second-order valence-corrected chi connectivity index (χ2v) is 24.2. The number of nitrogens with zero attached hydrogens (tertiary/aromatic N) is 5. The van der Waals surface area contributed by atoms with Gasteiger partial charge in [-0.15, -0.1) is 5.10 Å². The maximum absolute atomic E-state index is 5.70. The van der Waals surface area contributed by atoms with Crippen LogP contribution in [0.5, 0.6) is 0 Å². The van der Waals surface area contributed by atoms with Gasteiger partial charge in [0, 0.05) is 0 Å². The number of benzene rings is 1. The third-order valence-corrected chi connectivity index (χ3v) is 2.25. The van der Waals surface area contributed by atoms with E-state index in [2.05, 4.69) is 50.3 Å². The van der Waals surface area contributed by atoms with Gasteiger partial charge in [0.15, 0.2) is 0 Å². The zero-order valence-corrected chi connectivity index (χ0v) is 17.8. The van der Waals surface area contributed by atoms with Crippen LogP contribution in [0.25, 0.3) is 11.0 Å². The van der Waals surface area contributed by atoms with Gasteiger partial charge < -0.3 is 0 Å². The Morgan fingerprint density at radius 3 is 2.00 bits per heavy atom. The van der Waals surface area contributed by atoms with E-state index in [1.54, 1.807) is 0 Å². The van der Waals surface area contributed by atoms with Gasteiger partial charge in [0.25, 0.3) is 0 Å². The monoisotopic (exact) mass is 355 g/mol. The van der Waals surface area contributed by atoms with Crippen LogP contribution in [0.15, 0.2) is 24.3 Å². The summed E-state index contributed by atoms with van der Waals surface area (Å²) in [6.45, 7) is 14.2. The first-order valence-corrected chi connectivity index (χ1v) is 13.3. The Morgan fingerprint density at radius 1 is 1.04 bits per heavy atom. The van der Waals surface area contributed by atoms with Crippen molar-refractivity contribution >= 4 is 23.0 Å². The summed E-state index contributed by atoms with van der Waals surface area (Å²) in [4.78, 5) is 8.99. The first kappa shape index (κ1) is 20.4. The van der Waals surface area contributed by atoms with Crippen LogP contribution in [0.4, 0.5) is 0 Å². The third-order valence-electron chi connectivity index (χ3n) is 2.25. The fourth-order valence-corrected chi connectivity index (χ4v) is 1.56. The quantitative estimate of drug-likeness (QED) is 0.339. The van der Waals surface area contributed by atoms with Gasteiger partial charge in [0.1, 0.15) is 11.0 Å². The predicted molar refractivity (Wildman–Crippen MR) is 107 cm³/mol. The summed E-state index contributed by atoms with van der Waals surface area (Å²) >= 11 is 0. The van der Waals surface area contributed by atoms with Gasteiger partial charge >= 0.3 is 52.0 Å². The van der Waals surface area contributed by atoms with Crippen LogP contribution in [-0.2, 0) is 0 Å². The number of hydrogen-bond donors (Lipinski definition) is 0. The minimum atomic E-state index is -1.66. The Balaban J connectivity index is 0.000000351. The third kappa shape index (κ3) is 8.25. The average molecular weight is 355 g/mol. The molecule has 1 heterocycles. The van der Waals surface area contributed by atoms with Crippen LogP contribution >= 0.6 is 5.94 Å². The Morgan fingerprint density at radius 2 is 1.54 bits per heavy atom. The fourth-order valence-electron chi connectivity index (χ4n) is 1.56. The Kier molecular flexibility index (Phi) is 5.09. The molecule has 0 radical (unpaired) electrons. The first-order valence-electron chi connectivity index (χ1n) is 7.98. The minimum absolute atomic E-state index is 0.681. The van der Waals surface area contributed by atoms with E-state index >= 15 is 0 Å². The summed E-state index contributed by atoms with van der Waals surface area (Å²) in [7, 11) is 7.64. The summed E-state index contributed by atoms with van der Waals surface area (Å²) < 4.78 is 1.87. The second-order valence-electron chi connectivity index (χ2n) is 10.8. The molecular weight excluding hydrogens is 321 g/mol. The number of para-hydroxylation sites is 1. The number of fused-ring (bicyclic) bond motifs is 1. The summed E-state index contributed by atoms with van der Waals surface area (Å²) in [5, 5.41) is 8.00. The van der Waals surface area contributed by atoms with E-state index in [0.29, 0.717) is 6.02 Å². The summed E-state index contributed by atoms with van der Waals surface area (Å²) in [6.07, 6.45) is 0. The molecule has 2 rings (SSSR count). The topological polar surface area (TPSA) is 46.2 Å². The van der Waals surface area contributed by atoms with Crippen LogP contribution in [0.2, 0.25) is 0 Å². The Labute approximate surface area is 145 Å². The van der Waals surface area contributed by atoms with Crippen molar-refractivity contribution in [3.63, 3.8) is 0 Å². The number of amidine groups is 1. The van der Waals surface area contributed by atoms with Crippen molar-refractivity contribution in [3.05, 3.63) is 24.3 Å². The molecule has 7 heteroatoms. The van der Waals surface area contributed by atoms with Gasteiger partial charge in [0.05, 0.1) is 28.2 Å². The molecule has 138 valence electrons. The molecule has 0 unspecified atom stereocenters. The molecule has 0 saturated carbocycles. The molecule has 0 aliphatic rings. The molecule has 6 nitrogen and oxygen atoms in total. The van der Waals surface area contributed by atoms with E-state index in [4.69, 9.17) is 4.84 Å². The van der Waals surface area contributed by atoms with Crippen molar-refractivity contribution in [1.82, 2.24) is 20.1 Å². The molecule has 0 aliphatic carbocycles. The van der Waals surface area contributed by atoms with Crippen LogP contribution in [0.3, 0.4) is 0 Å². The Bertz CT molecular complexity index is 724. The van der Waals surface area contributed by atoms with Crippen LogP contribution < -0.4 is 4.84 Å². The van der Waals surface area contributed by atoms with E-state index < -0.39 is 5.94 Å². The number of aromatic nitrogens is 3. The molecule has 0 amide bonds. The molecule has 0 spiro atoms. The molecule has 24 heavy (non-hydrogen) atoms. The van der Waals surface area contributed by atoms with Gasteiger partial charge in [-0.3, -0.25) is 4.84 Å². The molecule has 0 bridgehead atoms. The molecule has 0 aliphatic heterocycles. The van der Waals surface area contributed by atoms with Gasteiger partial charge in [-0.1, -0.05) is 17.0 Å². The standard InChI is InChI=1S/C11H16N5O.C6H18P/c1-14(2)11(15(3)4)17-16-10-8-6-5-7-9(10)12-13-16;1-7(2,3,4,5)6/h5-8H,1-4H3;1-6H3/q+1;-1. The molecule has 0 saturated heterocycles. The van der Waals surface area contributed by atoms with Crippen molar-refractivity contribution < 1.29 is 9.41 Å². The molecule has 0 fully saturated rings. The fraction of sp³-hybridized carbons (Fsp3) is 0.588. The maximum atomic E-state index is 5.70. The van der Waals surface area contributed by atoms with E-state index in [0.717, 1.165) is 11.0 Å². The second kappa shape index (κ2) is 5.99. The molecule has 0 N–H and O–H groups in total. The normalized spacial score (nSPS) is 14.1. The van der Waals surface area contributed by atoms with Crippen molar-refractivity contribution in [3.8, 4) is 0 Å². The molecular formula is C17H34N5OP. The molecule has 1 aromatic heterocycles. The van der Waals surface area contributed by atoms with Gasteiger partial charge in [-0.25, -0.2) is 9.48 Å². The zero-order chi connectivity index (χ0) is 18.8. The molecule has 1 aromatic carbocycles. The van der Waals surface area contributed by atoms with E-state index in [1.165, 1.54) is 4.85 Å². The summed E-state index contributed by atoms with van der Waals surface area (Å²) in [5.74, 6) is -1.66. The zero-order valence-electron chi connectivity index (χ0n) is 16.9.